The summed E-state index contributed by atoms with van der Waals surface area (Å²) >= 11 is 5.90. The number of nitrogens with one attached hydrogen (secondary N) is 2. The molecule has 2 unspecified atom stereocenters. The number of urea groups is 1. The number of hydrogen-bond donors (Lipinski definition) is 2. The largest absolute Gasteiger partial charge is 0.620 e. The Morgan fingerprint density at radius 2 is 2.12 bits per heavy atom. The van der Waals surface area contributed by atoms with Crippen molar-refractivity contribution < 1.29 is 14.6 Å². The maximum absolute atomic E-state index is 12.5. The molecular formula is C19H18ClN3O3. The van der Waals surface area contributed by atoms with Gasteiger partial charge in [0, 0.05) is 34.3 Å². The molecule has 6 nitrogen and oxygen atoms in total. The standard InChI is InChI=1S/C19H18ClN3O3/c1-13(12-26-16-6-3-5-15(20)10-16)22-19(24)23(25)18-7-2-4-14-11-21-9-8-17(14)18/h2-11,13,23H,12H2,1H3,(H,22,24). The molecule has 0 aliphatic heterocycles. The van der Waals surface area contributed by atoms with E-state index in [1.807, 2.05) is 6.07 Å². The molecule has 3 aromatic rings. The lowest BCUT2D eigenvalue weighted by atomic mass is 10.1. The van der Waals surface area contributed by atoms with Gasteiger partial charge in [-0.3, -0.25) is 15.4 Å². The van der Waals surface area contributed by atoms with Crippen LogP contribution in [0.5, 0.6) is 5.75 Å². The molecule has 2 amide bonds. The lowest BCUT2D eigenvalue weighted by Crippen LogP contribution is -3.07. The van der Waals surface area contributed by atoms with Gasteiger partial charge in [0.25, 0.3) is 0 Å². The minimum atomic E-state index is -0.670. The van der Waals surface area contributed by atoms with E-state index in [4.69, 9.17) is 16.3 Å². The van der Waals surface area contributed by atoms with Crippen LogP contribution in [0, 0.1) is 5.21 Å². The van der Waals surface area contributed by atoms with E-state index in [-0.39, 0.29) is 12.6 Å². The van der Waals surface area contributed by atoms with Crippen molar-refractivity contribution in [2.24, 2.45) is 0 Å². The number of nitrogens with zero attached hydrogens (tertiary/aromatic N) is 1. The summed E-state index contributed by atoms with van der Waals surface area (Å²) in [7, 11) is 0. The summed E-state index contributed by atoms with van der Waals surface area (Å²) in [6.07, 6.45) is 3.25. The molecule has 134 valence electrons. The number of halogens is 1. The van der Waals surface area contributed by atoms with Crippen LogP contribution in [0.4, 0.5) is 10.5 Å². The van der Waals surface area contributed by atoms with E-state index < -0.39 is 11.1 Å². The Labute approximate surface area is 155 Å². The van der Waals surface area contributed by atoms with Crippen LogP contribution in [0.25, 0.3) is 10.8 Å². The van der Waals surface area contributed by atoms with Gasteiger partial charge in [-0.2, -0.15) is 0 Å². The molecule has 7 heteroatoms. The molecule has 1 aromatic heterocycles. The molecule has 2 aromatic carbocycles. The van der Waals surface area contributed by atoms with Gasteiger partial charge in [0.1, 0.15) is 18.0 Å². The van der Waals surface area contributed by atoms with Gasteiger partial charge >= 0.3 is 6.03 Å². The predicted octanol–water partition coefficient (Wildman–Crippen LogP) is 3.08. The van der Waals surface area contributed by atoms with Crippen molar-refractivity contribution in [3.05, 3.63) is 71.2 Å². The van der Waals surface area contributed by atoms with E-state index in [0.29, 0.717) is 21.8 Å². The highest BCUT2D eigenvalue weighted by Crippen LogP contribution is 2.19. The molecule has 2 N–H and O–H groups in total. The smallest absolute Gasteiger partial charge is 0.420 e. The molecule has 1 heterocycles. The minimum Gasteiger partial charge on any atom is -0.620 e. The number of ether oxygens (including phenoxy) is 1. The fourth-order valence-corrected chi connectivity index (χ4v) is 2.73. The Bertz CT molecular complexity index is 914. The summed E-state index contributed by atoms with van der Waals surface area (Å²) in [6.45, 7) is 1.99. The molecule has 0 radical (unpaired) electrons. The predicted molar refractivity (Wildman–Crippen MR) is 101 cm³/mol. The number of aromatic nitrogens is 1. The fraction of sp³-hybridized carbons (Fsp3) is 0.158. The molecule has 0 saturated heterocycles. The summed E-state index contributed by atoms with van der Waals surface area (Å²) in [4.78, 5) is 16.3. The molecule has 0 spiro atoms. The first-order chi connectivity index (χ1) is 12.5. The number of hydroxylamine groups is 1. The Kier molecular flexibility index (Phi) is 5.68. The first-order valence-electron chi connectivity index (χ1n) is 8.11. The zero-order valence-corrected chi connectivity index (χ0v) is 14.9. The van der Waals surface area contributed by atoms with Crippen molar-refractivity contribution in [3.8, 4) is 5.75 Å². The molecule has 0 bridgehead atoms. The van der Waals surface area contributed by atoms with E-state index >= 15 is 0 Å². The first-order valence-corrected chi connectivity index (χ1v) is 8.48. The number of carbonyl (C=O) groups excluding carboxylic acids is 1. The van der Waals surface area contributed by atoms with Gasteiger partial charge < -0.3 is 9.94 Å². The summed E-state index contributed by atoms with van der Waals surface area (Å²) < 4.78 is 5.59. The second kappa shape index (κ2) is 8.14. The van der Waals surface area contributed by atoms with Gasteiger partial charge in [0.15, 0.2) is 0 Å². The average molecular weight is 372 g/mol. The van der Waals surface area contributed by atoms with E-state index in [1.165, 1.54) is 0 Å². The number of pyridine rings is 1. The third kappa shape index (κ3) is 4.29. The van der Waals surface area contributed by atoms with E-state index in [9.17, 15) is 10.0 Å². The Hall–Kier alpha value is -2.67. The molecular weight excluding hydrogens is 354 g/mol. The van der Waals surface area contributed by atoms with Gasteiger partial charge in [0.05, 0.1) is 6.04 Å². The third-order valence-corrected chi connectivity index (χ3v) is 4.04. The molecule has 0 aliphatic rings. The van der Waals surface area contributed by atoms with Crippen LogP contribution in [0.3, 0.4) is 0 Å². The van der Waals surface area contributed by atoms with Crippen LogP contribution in [0.15, 0.2) is 60.9 Å². The number of carbonyl (C=O) groups is 1. The van der Waals surface area contributed by atoms with E-state index in [2.05, 4.69) is 10.3 Å². The number of rotatable bonds is 5. The van der Waals surface area contributed by atoms with Crippen LogP contribution >= 0.6 is 11.6 Å². The molecule has 0 saturated carbocycles. The summed E-state index contributed by atoms with van der Waals surface area (Å²) in [5.74, 6) is 0.603. The number of quaternary nitrogens is 1. The third-order valence-electron chi connectivity index (χ3n) is 3.81. The SMILES string of the molecule is CC(COc1cccc(Cl)c1)NC(=O)[NH+]([O-])c1cccc2cnccc12. The zero-order chi connectivity index (χ0) is 18.5. The topological polar surface area (TPSA) is 78.7 Å². The average Bonchev–Trinajstić information content (AvgIpc) is 2.65. The maximum Gasteiger partial charge on any atom is 0.420 e. The lowest BCUT2D eigenvalue weighted by Gasteiger charge is -2.23. The molecule has 26 heavy (non-hydrogen) atoms. The van der Waals surface area contributed by atoms with Gasteiger partial charge in [-0.05, 0) is 31.2 Å². The summed E-state index contributed by atoms with van der Waals surface area (Å²) in [6, 6.07) is 12.9. The highest BCUT2D eigenvalue weighted by molar-refractivity contribution is 6.30. The Morgan fingerprint density at radius 3 is 2.92 bits per heavy atom. The Balaban J connectivity index is 1.63. The number of amides is 2. The van der Waals surface area contributed by atoms with Crippen LogP contribution in [-0.4, -0.2) is 23.7 Å². The molecule has 0 aliphatic carbocycles. The normalized spacial score (nSPS) is 13.2. The van der Waals surface area contributed by atoms with Crippen LogP contribution in [0.1, 0.15) is 6.92 Å². The van der Waals surface area contributed by atoms with Crippen molar-refractivity contribution in [2.75, 3.05) is 6.61 Å². The van der Waals surface area contributed by atoms with Crippen molar-refractivity contribution >= 4 is 34.1 Å². The maximum atomic E-state index is 12.5. The van der Waals surface area contributed by atoms with E-state index in [0.717, 1.165) is 5.39 Å². The second-order valence-electron chi connectivity index (χ2n) is 5.87. The second-order valence-corrected chi connectivity index (χ2v) is 6.31. The molecule has 2 atom stereocenters. The monoisotopic (exact) mass is 371 g/mol. The Morgan fingerprint density at radius 1 is 1.31 bits per heavy atom. The van der Waals surface area contributed by atoms with Gasteiger partial charge in [-0.25, -0.2) is 4.79 Å². The van der Waals surface area contributed by atoms with Gasteiger partial charge in [0.2, 0.25) is 0 Å². The van der Waals surface area contributed by atoms with Crippen LogP contribution < -0.4 is 15.1 Å². The van der Waals surface area contributed by atoms with Crippen molar-refractivity contribution in [1.82, 2.24) is 10.3 Å². The van der Waals surface area contributed by atoms with Crippen LogP contribution in [-0.2, 0) is 0 Å². The number of hydrogen-bond acceptors (Lipinski definition) is 4. The molecule has 3 rings (SSSR count). The van der Waals surface area contributed by atoms with Crippen molar-refractivity contribution in [1.29, 1.82) is 0 Å². The summed E-state index contributed by atoms with van der Waals surface area (Å²) in [5.41, 5.74) is 0.352. The number of fused-ring (bicyclic) bond motifs is 1. The minimum absolute atomic E-state index is 0.221. The van der Waals surface area contributed by atoms with Crippen molar-refractivity contribution in [3.63, 3.8) is 0 Å². The van der Waals surface area contributed by atoms with Crippen molar-refractivity contribution in [2.45, 2.75) is 13.0 Å². The first kappa shape index (κ1) is 18.1. The van der Waals surface area contributed by atoms with Gasteiger partial charge in [-0.1, -0.05) is 29.8 Å². The van der Waals surface area contributed by atoms with E-state index in [1.54, 1.807) is 61.8 Å². The lowest BCUT2D eigenvalue weighted by molar-refractivity contribution is -0.680. The quantitative estimate of drug-likeness (QED) is 0.675. The summed E-state index contributed by atoms with van der Waals surface area (Å²) in [5, 5.41) is 16.7. The number of benzene rings is 2. The zero-order valence-electron chi connectivity index (χ0n) is 14.1. The van der Waals surface area contributed by atoms with Crippen LogP contribution in [0.2, 0.25) is 5.02 Å². The highest BCUT2D eigenvalue weighted by atomic mass is 35.5. The van der Waals surface area contributed by atoms with Gasteiger partial charge in [-0.15, -0.1) is 0 Å². The molecule has 0 fully saturated rings. The highest BCUT2D eigenvalue weighted by Gasteiger charge is 2.19. The fourth-order valence-electron chi connectivity index (χ4n) is 2.55.